The molecule has 2 aliphatic rings. The fourth-order valence-electron chi connectivity index (χ4n) is 2.30. The summed E-state index contributed by atoms with van der Waals surface area (Å²) in [6.45, 7) is 1.43. The summed E-state index contributed by atoms with van der Waals surface area (Å²) in [4.78, 5) is 10.8. The van der Waals surface area contributed by atoms with Crippen LogP contribution < -0.4 is 5.32 Å². The molecular formula is C9H15NO3. The molecule has 0 aromatic rings. The molecule has 0 saturated carbocycles. The lowest BCUT2D eigenvalue weighted by molar-refractivity contribution is -0.146. The highest BCUT2D eigenvalue weighted by molar-refractivity contribution is 5.66. The van der Waals surface area contributed by atoms with Crippen molar-refractivity contribution in [1.82, 2.24) is 5.32 Å². The number of carbonyl (C=O) groups is 1. The van der Waals surface area contributed by atoms with Crippen LogP contribution in [0.15, 0.2) is 0 Å². The SMILES string of the molecule is CC(=O)O[C@@H]1C[C@H]2N[C@@H]1CC[C@@H]2O. The van der Waals surface area contributed by atoms with Crippen LogP contribution in [0.5, 0.6) is 0 Å². The topological polar surface area (TPSA) is 58.6 Å². The number of piperidine rings is 1. The Bertz CT molecular complexity index is 219. The molecule has 13 heavy (non-hydrogen) atoms. The van der Waals surface area contributed by atoms with E-state index in [1.54, 1.807) is 0 Å². The van der Waals surface area contributed by atoms with Gasteiger partial charge in [0.25, 0.3) is 0 Å². The molecule has 0 unspecified atom stereocenters. The Morgan fingerprint density at radius 3 is 2.85 bits per heavy atom. The Balaban J connectivity index is 1.98. The predicted octanol–water partition coefficient (Wildman–Crippen LogP) is -0.197. The van der Waals surface area contributed by atoms with Crippen LogP contribution in [-0.4, -0.2) is 35.4 Å². The van der Waals surface area contributed by atoms with Crippen molar-refractivity contribution in [2.24, 2.45) is 0 Å². The highest BCUT2D eigenvalue weighted by Gasteiger charge is 2.42. The molecule has 4 heteroatoms. The first-order valence-electron chi connectivity index (χ1n) is 4.78. The van der Waals surface area contributed by atoms with E-state index in [9.17, 15) is 9.90 Å². The summed E-state index contributed by atoms with van der Waals surface area (Å²) in [6, 6.07) is 0.389. The van der Waals surface area contributed by atoms with Crippen molar-refractivity contribution >= 4 is 5.97 Å². The van der Waals surface area contributed by atoms with E-state index in [2.05, 4.69) is 5.32 Å². The van der Waals surface area contributed by atoms with E-state index in [1.807, 2.05) is 0 Å². The summed E-state index contributed by atoms with van der Waals surface area (Å²) in [5, 5.41) is 12.8. The van der Waals surface area contributed by atoms with Gasteiger partial charge in [0.15, 0.2) is 0 Å². The zero-order valence-electron chi connectivity index (χ0n) is 7.69. The molecule has 2 aliphatic heterocycles. The highest BCUT2D eigenvalue weighted by Crippen LogP contribution is 2.29. The van der Waals surface area contributed by atoms with Gasteiger partial charge < -0.3 is 15.2 Å². The van der Waals surface area contributed by atoms with Gasteiger partial charge in [0.2, 0.25) is 0 Å². The second-order valence-corrected chi connectivity index (χ2v) is 3.91. The number of aliphatic hydroxyl groups is 1. The summed E-state index contributed by atoms with van der Waals surface area (Å²) in [5.74, 6) is -0.228. The number of fused-ring (bicyclic) bond motifs is 2. The first kappa shape index (κ1) is 8.97. The summed E-state index contributed by atoms with van der Waals surface area (Å²) in [5.41, 5.74) is 0. The van der Waals surface area contributed by atoms with E-state index in [4.69, 9.17) is 4.74 Å². The molecule has 0 aromatic heterocycles. The number of ether oxygens (including phenoxy) is 1. The second-order valence-electron chi connectivity index (χ2n) is 3.91. The molecule has 2 N–H and O–H groups in total. The average Bonchev–Trinajstić information content (AvgIpc) is 2.37. The summed E-state index contributed by atoms with van der Waals surface area (Å²) < 4.78 is 5.16. The van der Waals surface area contributed by atoms with Crippen LogP contribution >= 0.6 is 0 Å². The summed E-state index contributed by atoms with van der Waals surface area (Å²) >= 11 is 0. The Morgan fingerprint density at radius 1 is 1.46 bits per heavy atom. The van der Waals surface area contributed by atoms with Crippen LogP contribution in [0.2, 0.25) is 0 Å². The lowest BCUT2D eigenvalue weighted by Gasteiger charge is -2.26. The first-order chi connectivity index (χ1) is 6.16. The molecule has 0 spiro atoms. The molecule has 0 radical (unpaired) electrons. The van der Waals surface area contributed by atoms with Gasteiger partial charge in [-0.05, 0) is 12.8 Å². The van der Waals surface area contributed by atoms with Crippen molar-refractivity contribution < 1.29 is 14.6 Å². The minimum Gasteiger partial charge on any atom is -0.461 e. The van der Waals surface area contributed by atoms with Crippen molar-refractivity contribution in [2.75, 3.05) is 0 Å². The fourth-order valence-corrected chi connectivity index (χ4v) is 2.30. The molecule has 0 aliphatic carbocycles. The van der Waals surface area contributed by atoms with Crippen LogP contribution in [0.4, 0.5) is 0 Å². The largest absolute Gasteiger partial charge is 0.461 e. The maximum atomic E-state index is 10.8. The lowest BCUT2D eigenvalue weighted by Crippen LogP contribution is -2.44. The monoisotopic (exact) mass is 185 g/mol. The quantitative estimate of drug-likeness (QED) is 0.556. The average molecular weight is 185 g/mol. The molecule has 2 rings (SSSR count). The molecular weight excluding hydrogens is 170 g/mol. The van der Waals surface area contributed by atoms with Gasteiger partial charge in [-0.15, -0.1) is 0 Å². The van der Waals surface area contributed by atoms with Crippen LogP contribution in [-0.2, 0) is 9.53 Å². The van der Waals surface area contributed by atoms with Crippen molar-refractivity contribution in [3.63, 3.8) is 0 Å². The molecule has 0 aromatic carbocycles. The first-order valence-corrected chi connectivity index (χ1v) is 4.78. The van der Waals surface area contributed by atoms with Crippen molar-refractivity contribution in [1.29, 1.82) is 0 Å². The number of hydrogen-bond acceptors (Lipinski definition) is 4. The Kier molecular flexibility index (Phi) is 2.26. The number of aliphatic hydroxyl groups excluding tert-OH is 1. The number of rotatable bonds is 1. The number of esters is 1. The van der Waals surface area contributed by atoms with Gasteiger partial charge in [0.05, 0.1) is 6.10 Å². The van der Waals surface area contributed by atoms with E-state index in [1.165, 1.54) is 6.92 Å². The normalized spacial score (nSPS) is 43.2. The molecule has 0 amide bonds. The maximum Gasteiger partial charge on any atom is 0.302 e. The van der Waals surface area contributed by atoms with E-state index < -0.39 is 0 Å². The zero-order valence-corrected chi connectivity index (χ0v) is 7.69. The van der Waals surface area contributed by atoms with Gasteiger partial charge >= 0.3 is 5.97 Å². The smallest absolute Gasteiger partial charge is 0.302 e. The minimum absolute atomic E-state index is 0.0281. The van der Waals surface area contributed by atoms with Crippen molar-refractivity contribution in [2.45, 2.75) is 50.5 Å². The van der Waals surface area contributed by atoms with Gasteiger partial charge in [0, 0.05) is 25.4 Å². The Morgan fingerprint density at radius 2 is 2.23 bits per heavy atom. The number of carbonyl (C=O) groups excluding carboxylic acids is 1. The van der Waals surface area contributed by atoms with Gasteiger partial charge in [-0.2, -0.15) is 0 Å². The molecule has 4 atom stereocenters. The molecule has 2 bridgehead atoms. The van der Waals surface area contributed by atoms with E-state index >= 15 is 0 Å². The van der Waals surface area contributed by atoms with E-state index in [-0.39, 0.29) is 30.3 Å². The van der Waals surface area contributed by atoms with Crippen LogP contribution in [0, 0.1) is 0 Å². The van der Waals surface area contributed by atoms with E-state index in [0.29, 0.717) is 0 Å². The second kappa shape index (κ2) is 3.27. The third-order valence-corrected chi connectivity index (χ3v) is 2.92. The molecule has 74 valence electrons. The summed E-state index contributed by atoms with van der Waals surface area (Å²) in [6.07, 6.45) is 2.18. The number of nitrogens with one attached hydrogen (secondary N) is 1. The Hall–Kier alpha value is -0.610. The van der Waals surface area contributed by atoms with Crippen LogP contribution in [0.25, 0.3) is 0 Å². The van der Waals surface area contributed by atoms with Crippen molar-refractivity contribution in [3.05, 3.63) is 0 Å². The van der Waals surface area contributed by atoms with Gasteiger partial charge in [-0.1, -0.05) is 0 Å². The van der Waals surface area contributed by atoms with Crippen LogP contribution in [0.1, 0.15) is 26.2 Å². The fraction of sp³-hybridized carbons (Fsp3) is 0.889. The zero-order chi connectivity index (χ0) is 9.42. The predicted molar refractivity (Wildman–Crippen MR) is 46.1 cm³/mol. The lowest BCUT2D eigenvalue weighted by atomic mass is 10.0. The third-order valence-electron chi connectivity index (χ3n) is 2.92. The molecule has 2 heterocycles. The molecule has 2 saturated heterocycles. The van der Waals surface area contributed by atoms with Gasteiger partial charge in [-0.25, -0.2) is 0 Å². The molecule has 4 nitrogen and oxygen atoms in total. The van der Waals surface area contributed by atoms with E-state index in [0.717, 1.165) is 19.3 Å². The Labute approximate surface area is 77.3 Å². The minimum atomic E-state index is -0.267. The van der Waals surface area contributed by atoms with Crippen LogP contribution in [0.3, 0.4) is 0 Å². The molecule has 2 fully saturated rings. The van der Waals surface area contributed by atoms with Crippen molar-refractivity contribution in [3.8, 4) is 0 Å². The highest BCUT2D eigenvalue weighted by atomic mass is 16.5. The number of hydrogen-bond donors (Lipinski definition) is 2. The standard InChI is InChI=1S/C9H15NO3/c1-5(11)13-9-4-7-8(12)3-2-6(9)10-7/h6-10,12H,2-4H2,1H3/t6-,7-,8+,9-/m1/s1. The third kappa shape index (κ3) is 1.69. The van der Waals surface area contributed by atoms with Gasteiger partial charge in [0.1, 0.15) is 6.10 Å². The van der Waals surface area contributed by atoms with Gasteiger partial charge in [-0.3, -0.25) is 4.79 Å². The summed E-state index contributed by atoms with van der Waals surface area (Å²) in [7, 11) is 0. The maximum absolute atomic E-state index is 10.8.